The number of aliphatic hydroxyl groups is 1. The Morgan fingerprint density at radius 3 is 2.50 bits per heavy atom. The first-order chi connectivity index (χ1) is 11.1. The smallest absolute Gasteiger partial charge is 0.374 e. The average molecular weight is 347 g/mol. The van der Waals surface area contributed by atoms with E-state index in [0.29, 0.717) is 5.92 Å². The van der Waals surface area contributed by atoms with Crippen LogP contribution < -0.4 is 5.32 Å². The van der Waals surface area contributed by atoms with Gasteiger partial charge in [0.05, 0.1) is 0 Å². The van der Waals surface area contributed by atoms with Gasteiger partial charge in [0.1, 0.15) is 5.82 Å². The Kier molecular flexibility index (Phi) is 5.57. The molecule has 8 heteroatoms. The SMILES string of the molecule is CC1CCC(C(=O)NCCC(O)(c2nccn2C)C(F)(F)F)CC1. The highest BCUT2D eigenvalue weighted by atomic mass is 19.4. The van der Waals surface area contributed by atoms with Crippen molar-refractivity contribution in [3.8, 4) is 0 Å². The molecule has 2 rings (SSSR count). The van der Waals surface area contributed by atoms with Crippen molar-refractivity contribution in [2.75, 3.05) is 6.54 Å². The van der Waals surface area contributed by atoms with Gasteiger partial charge in [0.25, 0.3) is 0 Å². The van der Waals surface area contributed by atoms with Crippen LogP contribution in [-0.2, 0) is 17.4 Å². The minimum atomic E-state index is -4.88. The molecule has 24 heavy (non-hydrogen) atoms. The molecule has 1 aromatic heterocycles. The molecule has 0 spiro atoms. The van der Waals surface area contributed by atoms with Gasteiger partial charge in [-0.15, -0.1) is 0 Å². The van der Waals surface area contributed by atoms with Gasteiger partial charge in [-0.05, 0) is 31.6 Å². The van der Waals surface area contributed by atoms with E-state index in [2.05, 4.69) is 17.2 Å². The number of nitrogens with zero attached hydrogens (tertiary/aromatic N) is 2. The topological polar surface area (TPSA) is 67.2 Å². The summed E-state index contributed by atoms with van der Waals surface area (Å²) in [4.78, 5) is 15.7. The molecule has 136 valence electrons. The molecule has 1 atom stereocenters. The van der Waals surface area contributed by atoms with Crippen LogP contribution in [0.3, 0.4) is 0 Å². The van der Waals surface area contributed by atoms with Crippen molar-refractivity contribution in [2.24, 2.45) is 18.9 Å². The summed E-state index contributed by atoms with van der Waals surface area (Å²) >= 11 is 0. The Balaban J connectivity index is 1.97. The van der Waals surface area contributed by atoms with Crippen LogP contribution in [0.1, 0.15) is 44.9 Å². The second-order valence-corrected chi connectivity index (χ2v) is 6.72. The maximum absolute atomic E-state index is 13.4. The second-order valence-electron chi connectivity index (χ2n) is 6.72. The third-order valence-corrected chi connectivity index (χ3v) is 4.83. The van der Waals surface area contributed by atoms with Gasteiger partial charge in [0.15, 0.2) is 0 Å². The lowest BCUT2D eigenvalue weighted by atomic mass is 9.82. The monoisotopic (exact) mass is 347 g/mol. The van der Waals surface area contributed by atoms with Gasteiger partial charge in [-0.3, -0.25) is 4.79 Å². The minimum absolute atomic E-state index is 0.145. The third kappa shape index (κ3) is 3.91. The number of hydrogen-bond acceptors (Lipinski definition) is 3. The summed E-state index contributed by atoms with van der Waals surface area (Å²) in [7, 11) is 1.39. The van der Waals surface area contributed by atoms with E-state index in [0.717, 1.165) is 30.3 Å². The maximum atomic E-state index is 13.4. The van der Waals surface area contributed by atoms with Gasteiger partial charge in [-0.2, -0.15) is 13.2 Å². The first-order valence-electron chi connectivity index (χ1n) is 8.19. The zero-order chi connectivity index (χ0) is 18.0. The number of imidazole rings is 1. The molecule has 2 N–H and O–H groups in total. The first kappa shape index (κ1) is 18.8. The van der Waals surface area contributed by atoms with E-state index < -0.39 is 24.0 Å². The Morgan fingerprint density at radius 2 is 2.00 bits per heavy atom. The van der Waals surface area contributed by atoms with Crippen molar-refractivity contribution in [1.82, 2.24) is 14.9 Å². The summed E-state index contributed by atoms with van der Waals surface area (Å²) in [6.45, 7) is 1.87. The van der Waals surface area contributed by atoms with Gasteiger partial charge < -0.3 is 15.0 Å². The van der Waals surface area contributed by atoms with Crippen LogP contribution in [0.25, 0.3) is 0 Å². The van der Waals surface area contributed by atoms with Crippen LogP contribution in [0.4, 0.5) is 13.2 Å². The molecule has 1 unspecified atom stereocenters. The van der Waals surface area contributed by atoms with E-state index in [1.54, 1.807) is 0 Å². The fourth-order valence-electron chi connectivity index (χ4n) is 3.18. The fourth-order valence-corrected chi connectivity index (χ4v) is 3.18. The lowest BCUT2D eigenvalue weighted by Crippen LogP contribution is -2.47. The second kappa shape index (κ2) is 7.13. The molecule has 1 aliphatic rings. The van der Waals surface area contributed by atoms with Gasteiger partial charge in [0.2, 0.25) is 11.5 Å². The zero-order valence-electron chi connectivity index (χ0n) is 13.9. The van der Waals surface area contributed by atoms with Gasteiger partial charge >= 0.3 is 6.18 Å². The van der Waals surface area contributed by atoms with Gasteiger partial charge in [-0.25, -0.2) is 4.98 Å². The molecule has 0 saturated heterocycles. The highest BCUT2D eigenvalue weighted by Crippen LogP contribution is 2.40. The molecule has 1 amide bonds. The summed E-state index contributed by atoms with van der Waals surface area (Å²) in [6, 6.07) is 0. The molecule has 1 aromatic rings. The van der Waals surface area contributed by atoms with E-state index in [4.69, 9.17) is 0 Å². The Hall–Kier alpha value is -1.57. The van der Waals surface area contributed by atoms with E-state index in [1.807, 2.05) is 0 Å². The summed E-state index contributed by atoms with van der Waals surface area (Å²) < 4.78 is 41.2. The lowest BCUT2D eigenvalue weighted by Gasteiger charge is -2.30. The molecule has 0 aliphatic heterocycles. The van der Waals surface area contributed by atoms with E-state index in [1.165, 1.54) is 19.4 Å². The summed E-state index contributed by atoms with van der Waals surface area (Å²) in [5.41, 5.74) is -3.08. The van der Waals surface area contributed by atoms with Crippen LogP contribution in [0, 0.1) is 11.8 Å². The minimum Gasteiger partial charge on any atom is -0.374 e. The van der Waals surface area contributed by atoms with E-state index in [9.17, 15) is 23.1 Å². The average Bonchev–Trinajstić information content (AvgIpc) is 2.93. The standard InChI is InChI=1S/C16H24F3N3O2/c1-11-3-5-12(6-4-11)13(23)20-8-7-15(24,16(17,18)19)14-21-9-10-22(14)2/h9-12,24H,3-8H2,1-2H3,(H,20,23). The number of rotatable bonds is 5. The predicted octanol–water partition coefficient (Wildman–Crippen LogP) is 2.50. The molecule has 1 heterocycles. The number of aryl methyl sites for hydroxylation is 1. The lowest BCUT2D eigenvalue weighted by molar-refractivity contribution is -0.272. The number of amides is 1. The number of alkyl halides is 3. The Labute approximate surface area is 139 Å². The van der Waals surface area contributed by atoms with Crippen LogP contribution in [0.2, 0.25) is 0 Å². The Morgan fingerprint density at radius 1 is 1.38 bits per heavy atom. The molecule has 0 radical (unpaired) electrons. The van der Waals surface area contributed by atoms with Crippen LogP contribution in [0.15, 0.2) is 12.4 Å². The van der Waals surface area contributed by atoms with Crippen molar-refractivity contribution < 1.29 is 23.1 Å². The number of hydrogen-bond donors (Lipinski definition) is 2. The first-order valence-corrected chi connectivity index (χ1v) is 8.19. The number of carbonyl (C=O) groups is 1. The normalized spacial score (nSPS) is 24.4. The fraction of sp³-hybridized carbons (Fsp3) is 0.750. The van der Waals surface area contributed by atoms with Crippen molar-refractivity contribution in [3.05, 3.63) is 18.2 Å². The van der Waals surface area contributed by atoms with Crippen LogP contribution in [0.5, 0.6) is 0 Å². The van der Waals surface area contributed by atoms with Crippen molar-refractivity contribution >= 4 is 5.91 Å². The van der Waals surface area contributed by atoms with Crippen molar-refractivity contribution in [2.45, 2.75) is 50.8 Å². The molecule has 1 saturated carbocycles. The van der Waals surface area contributed by atoms with Gasteiger partial charge in [-0.1, -0.05) is 6.92 Å². The van der Waals surface area contributed by atoms with Crippen molar-refractivity contribution in [3.63, 3.8) is 0 Å². The quantitative estimate of drug-likeness (QED) is 0.860. The molecule has 1 aliphatic carbocycles. The highest BCUT2D eigenvalue weighted by molar-refractivity contribution is 5.78. The largest absolute Gasteiger partial charge is 0.424 e. The number of carbonyl (C=O) groups excluding carboxylic acids is 1. The molecular weight excluding hydrogens is 323 g/mol. The van der Waals surface area contributed by atoms with E-state index >= 15 is 0 Å². The Bertz CT molecular complexity index is 565. The highest BCUT2D eigenvalue weighted by Gasteiger charge is 2.57. The predicted molar refractivity (Wildman–Crippen MR) is 81.9 cm³/mol. The summed E-state index contributed by atoms with van der Waals surface area (Å²) in [5.74, 6) is -0.261. The zero-order valence-corrected chi connectivity index (χ0v) is 13.9. The molecular formula is C16H24F3N3O2. The molecule has 1 fully saturated rings. The molecule has 5 nitrogen and oxygen atoms in total. The third-order valence-electron chi connectivity index (χ3n) is 4.83. The molecule has 0 aromatic carbocycles. The maximum Gasteiger partial charge on any atom is 0.424 e. The van der Waals surface area contributed by atoms with Crippen molar-refractivity contribution in [1.29, 1.82) is 0 Å². The number of nitrogens with one attached hydrogen (secondary N) is 1. The van der Waals surface area contributed by atoms with Gasteiger partial charge in [0, 0.05) is 38.3 Å². The van der Waals surface area contributed by atoms with Crippen LogP contribution in [-0.4, -0.2) is 33.3 Å². The summed E-state index contributed by atoms with van der Waals surface area (Å²) in [5, 5.41) is 12.7. The van der Waals surface area contributed by atoms with Crippen LogP contribution >= 0.6 is 0 Å². The summed E-state index contributed by atoms with van der Waals surface area (Å²) in [6.07, 6.45) is 0.427. The number of halogens is 3. The number of aromatic nitrogens is 2. The molecule has 0 bridgehead atoms. The van der Waals surface area contributed by atoms with E-state index in [-0.39, 0.29) is 18.4 Å².